The van der Waals surface area contributed by atoms with Gasteiger partial charge in [0.25, 0.3) is 5.40 Å². The molecule has 0 saturated heterocycles. The molecule has 0 rings (SSSR count). The van der Waals surface area contributed by atoms with Gasteiger partial charge in [0.2, 0.25) is 0 Å². The van der Waals surface area contributed by atoms with E-state index in [1.807, 2.05) is 0 Å². The maximum absolute atomic E-state index is 10.5. The van der Waals surface area contributed by atoms with Gasteiger partial charge in [-0.25, -0.2) is 0 Å². The molecule has 5 N–H and O–H groups in total. The molecule has 0 spiro atoms. The van der Waals surface area contributed by atoms with Crippen LogP contribution in [0.3, 0.4) is 0 Å². The Hall–Kier alpha value is 0.130. The van der Waals surface area contributed by atoms with E-state index < -0.39 is 21.0 Å². The Kier molecular flexibility index (Phi) is 11.9. The highest BCUT2D eigenvalue weighted by atomic mass is 31.2. The lowest BCUT2D eigenvalue weighted by molar-refractivity contribution is 0.221. The number of aliphatic hydroxyl groups excluding tert-OH is 2. The minimum Gasteiger partial charge on any atom is -0.396 e. The molecule has 2 atom stereocenters. The third-order valence-corrected chi connectivity index (χ3v) is 4.80. The lowest BCUT2D eigenvalue weighted by atomic mass is 10.4. The van der Waals surface area contributed by atoms with Crippen LogP contribution in [-0.4, -0.2) is 43.5 Å². The van der Waals surface area contributed by atoms with Crippen LogP contribution < -0.4 is 0 Å². The topological polar surface area (TPSA) is 135 Å². The Labute approximate surface area is 95.2 Å². The summed E-state index contributed by atoms with van der Waals surface area (Å²) in [6.07, 6.45) is 1.06. The molecule has 0 heterocycles. The largest absolute Gasteiger partial charge is 0.521 e. The van der Waals surface area contributed by atoms with E-state index in [-0.39, 0.29) is 19.6 Å². The average Bonchev–Trinajstić information content (AvgIpc) is 2.14. The number of hydrogen-bond donors (Lipinski definition) is 5. The maximum Gasteiger partial charge on any atom is 0.521 e. The monoisotopic (exact) mass is 277 g/mol. The van der Waals surface area contributed by atoms with Gasteiger partial charge in [-0.1, -0.05) is 13.3 Å². The van der Waals surface area contributed by atoms with Gasteiger partial charge in [-0.2, -0.15) is 4.89 Å². The van der Waals surface area contributed by atoms with Crippen molar-refractivity contribution in [3.05, 3.63) is 0 Å². The quantitative estimate of drug-likeness (QED) is 0.443. The first-order valence-electron chi connectivity index (χ1n) is 4.73. The second-order valence-corrected chi connectivity index (χ2v) is 6.40. The van der Waals surface area contributed by atoms with E-state index in [4.69, 9.17) is 24.9 Å². The molecule has 0 aromatic carbocycles. The van der Waals surface area contributed by atoms with E-state index in [0.29, 0.717) is 12.8 Å². The van der Waals surface area contributed by atoms with Crippen LogP contribution in [0, 0.1) is 0 Å². The van der Waals surface area contributed by atoms with Crippen molar-refractivity contribution >= 4 is 15.6 Å². The van der Waals surface area contributed by atoms with Crippen molar-refractivity contribution in [2.24, 2.45) is 0 Å². The maximum atomic E-state index is 10.5. The van der Waals surface area contributed by atoms with Crippen LogP contribution in [0.15, 0.2) is 0 Å². The highest BCUT2D eigenvalue weighted by Crippen LogP contribution is 2.53. The van der Waals surface area contributed by atoms with Crippen LogP contribution in [-0.2, 0) is 9.13 Å². The van der Waals surface area contributed by atoms with E-state index in [0.717, 1.165) is 0 Å². The Bertz CT molecular complexity index is 225. The Morgan fingerprint density at radius 1 is 1.25 bits per heavy atom. The molecule has 0 aliphatic rings. The molecule has 0 radical (unpaired) electrons. The summed E-state index contributed by atoms with van der Waals surface area (Å²) >= 11 is 0. The fraction of sp³-hybridized carbons (Fsp3) is 1.00. The molecule has 0 aliphatic carbocycles. The first kappa shape index (κ1) is 18.5. The molecular weight excluding hydrogens is 258 g/mol. The molecule has 9 heteroatoms. The standard InChI is InChI=1S/C4H10O5P2.C3H8O2/c1-2-3-4(10(5)6)11(7,8)9;4-2-1-3-5/h4H,2-3H2,1H3,(H2-,5,6,7,8,9);4-5H,1-3H2/p+1. The molecule has 16 heavy (non-hydrogen) atoms. The summed E-state index contributed by atoms with van der Waals surface area (Å²) in [5, 5.41) is 14.4. The molecule has 0 bridgehead atoms. The smallest absolute Gasteiger partial charge is 0.396 e. The summed E-state index contributed by atoms with van der Waals surface area (Å²) in [4.78, 5) is 25.6. The van der Waals surface area contributed by atoms with Crippen molar-refractivity contribution in [1.82, 2.24) is 0 Å². The van der Waals surface area contributed by atoms with Gasteiger partial charge in [-0.15, -0.1) is 0 Å². The van der Waals surface area contributed by atoms with Crippen molar-refractivity contribution in [2.75, 3.05) is 13.2 Å². The number of aliphatic hydroxyl groups is 2. The van der Waals surface area contributed by atoms with Crippen molar-refractivity contribution in [1.29, 1.82) is 0 Å². The molecule has 0 aromatic heterocycles. The molecule has 98 valence electrons. The Morgan fingerprint density at radius 2 is 1.69 bits per heavy atom. The lowest BCUT2D eigenvalue weighted by Gasteiger charge is -2.04. The van der Waals surface area contributed by atoms with E-state index >= 15 is 0 Å². The zero-order valence-electron chi connectivity index (χ0n) is 9.06. The molecular formula is C7H19O7P2+. The van der Waals surface area contributed by atoms with Crippen LogP contribution in [0.2, 0.25) is 0 Å². The Morgan fingerprint density at radius 3 is 1.75 bits per heavy atom. The highest BCUT2D eigenvalue weighted by Gasteiger charge is 2.44. The van der Waals surface area contributed by atoms with E-state index in [9.17, 15) is 9.13 Å². The zero-order chi connectivity index (χ0) is 13.2. The summed E-state index contributed by atoms with van der Waals surface area (Å²) in [5.74, 6) is 0. The summed E-state index contributed by atoms with van der Waals surface area (Å²) in [7, 11) is -7.15. The highest BCUT2D eigenvalue weighted by molar-refractivity contribution is 7.65. The van der Waals surface area contributed by atoms with Gasteiger partial charge in [0, 0.05) is 19.6 Å². The third-order valence-electron chi connectivity index (χ3n) is 1.51. The first-order chi connectivity index (χ1) is 7.31. The normalized spacial score (nSPS) is 13.8. The summed E-state index contributed by atoms with van der Waals surface area (Å²) in [6.45, 7) is 1.88. The van der Waals surface area contributed by atoms with Gasteiger partial charge >= 0.3 is 15.6 Å². The van der Waals surface area contributed by atoms with Crippen LogP contribution >= 0.6 is 15.6 Å². The summed E-state index contributed by atoms with van der Waals surface area (Å²) < 4.78 is 20.9. The average molecular weight is 277 g/mol. The van der Waals surface area contributed by atoms with E-state index in [1.165, 1.54) is 0 Å². The first-order valence-corrected chi connectivity index (χ1v) is 7.69. The number of hydrogen-bond acceptors (Lipinski definition) is 4. The van der Waals surface area contributed by atoms with Gasteiger partial charge in [0.1, 0.15) is 0 Å². The molecule has 0 aromatic rings. The third kappa shape index (κ3) is 10.6. The SMILES string of the molecule is CCCC([P+](=O)O)P(=O)(O)O.OCCCO. The van der Waals surface area contributed by atoms with E-state index in [1.54, 1.807) is 6.92 Å². The predicted octanol–water partition coefficient (Wildman–Crippen LogP) is 0.386. The van der Waals surface area contributed by atoms with Gasteiger partial charge in [-0.05, 0) is 11.0 Å². The fourth-order valence-corrected chi connectivity index (χ4v) is 2.84. The van der Waals surface area contributed by atoms with Crippen LogP contribution in [0.5, 0.6) is 0 Å². The minimum absolute atomic E-state index is 0.0793. The summed E-state index contributed by atoms with van der Waals surface area (Å²) in [6, 6.07) is 0. The molecule has 7 nitrogen and oxygen atoms in total. The summed E-state index contributed by atoms with van der Waals surface area (Å²) in [5.41, 5.74) is 0. The van der Waals surface area contributed by atoms with Crippen LogP contribution in [0.1, 0.15) is 26.2 Å². The van der Waals surface area contributed by atoms with Gasteiger partial charge in [-0.3, -0.25) is 4.57 Å². The second-order valence-electron chi connectivity index (χ2n) is 2.96. The van der Waals surface area contributed by atoms with Crippen molar-refractivity contribution in [3.63, 3.8) is 0 Å². The molecule has 0 amide bonds. The molecule has 0 aliphatic heterocycles. The molecule has 2 unspecified atom stereocenters. The van der Waals surface area contributed by atoms with Gasteiger partial charge < -0.3 is 20.0 Å². The van der Waals surface area contributed by atoms with E-state index in [2.05, 4.69) is 0 Å². The molecule has 0 saturated carbocycles. The lowest BCUT2D eigenvalue weighted by Crippen LogP contribution is -2.02. The number of rotatable bonds is 6. The van der Waals surface area contributed by atoms with Gasteiger partial charge in [0.15, 0.2) is 0 Å². The molecule has 0 fully saturated rings. The second kappa shape index (κ2) is 10.3. The predicted molar refractivity (Wildman–Crippen MR) is 59.4 cm³/mol. The minimum atomic E-state index is -4.38. The van der Waals surface area contributed by atoms with Crippen LogP contribution in [0.4, 0.5) is 0 Å². The van der Waals surface area contributed by atoms with Crippen molar-refractivity contribution in [3.8, 4) is 0 Å². The Balaban J connectivity index is 0. The van der Waals surface area contributed by atoms with Crippen molar-refractivity contribution in [2.45, 2.75) is 31.6 Å². The zero-order valence-corrected chi connectivity index (χ0v) is 10.8. The fourth-order valence-electron chi connectivity index (χ4n) is 0.736. The van der Waals surface area contributed by atoms with Gasteiger partial charge in [0.05, 0.1) is 0 Å². The van der Waals surface area contributed by atoms with Crippen molar-refractivity contribution < 1.29 is 34.0 Å². The van der Waals surface area contributed by atoms with Crippen LogP contribution in [0.25, 0.3) is 0 Å².